The lowest BCUT2D eigenvalue weighted by Gasteiger charge is -2.15. The number of anilines is 1. The topological polar surface area (TPSA) is 88.3 Å². The van der Waals surface area contributed by atoms with E-state index in [2.05, 4.69) is 20.6 Å². The number of fused-ring (bicyclic) bond motifs is 1. The highest BCUT2D eigenvalue weighted by atomic mass is 16.5. The number of ether oxygens (including phenoxy) is 2. The monoisotopic (exact) mass is 430 g/mol. The molecule has 0 aliphatic rings. The average Bonchev–Trinajstić information content (AvgIpc) is 3.22. The van der Waals surface area contributed by atoms with Crippen molar-refractivity contribution in [1.29, 1.82) is 0 Å². The number of para-hydroxylation sites is 3. The number of amides is 1. The molecule has 0 fully saturated rings. The number of imidazole rings is 1. The summed E-state index contributed by atoms with van der Waals surface area (Å²) < 4.78 is 11.3. The molecule has 7 heteroatoms. The number of hydrogen-bond donors (Lipinski definition) is 3. The lowest BCUT2D eigenvalue weighted by Crippen LogP contribution is -2.21. The normalized spacial score (nSPS) is 10.8. The molecule has 0 bridgehead atoms. The van der Waals surface area contributed by atoms with Gasteiger partial charge in [-0.05, 0) is 37.3 Å². The van der Waals surface area contributed by atoms with Crippen LogP contribution in [0.4, 0.5) is 5.69 Å². The summed E-state index contributed by atoms with van der Waals surface area (Å²) in [6.07, 6.45) is 0. The molecule has 0 spiro atoms. The Balaban J connectivity index is 1.38. The Morgan fingerprint density at radius 2 is 1.81 bits per heavy atom. The Morgan fingerprint density at radius 1 is 1.00 bits per heavy atom. The maximum absolute atomic E-state index is 12.4. The number of aryl methyl sites for hydroxylation is 1. The Labute approximate surface area is 186 Å². The second-order valence-electron chi connectivity index (χ2n) is 7.46. The second-order valence-corrected chi connectivity index (χ2v) is 7.46. The molecule has 4 rings (SSSR count). The summed E-state index contributed by atoms with van der Waals surface area (Å²) in [5.41, 5.74) is 4.71. The lowest BCUT2D eigenvalue weighted by atomic mass is 10.2. The van der Waals surface area contributed by atoms with Crippen molar-refractivity contribution in [1.82, 2.24) is 15.3 Å². The van der Waals surface area contributed by atoms with Gasteiger partial charge < -0.3 is 25.1 Å². The van der Waals surface area contributed by atoms with E-state index in [1.807, 2.05) is 73.7 Å². The summed E-state index contributed by atoms with van der Waals surface area (Å²) in [5, 5.41) is 6.21. The summed E-state index contributed by atoms with van der Waals surface area (Å²) in [4.78, 5) is 20.2. The molecule has 32 heavy (non-hydrogen) atoms. The van der Waals surface area contributed by atoms with Gasteiger partial charge in [-0.15, -0.1) is 0 Å². The van der Waals surface area contributed by atoms with Crippen LogP contribution in [-0.4, -0.2) is 29.6 Å². The highest BCUT2D eigenvalue weighted by Gasteiger charge is 2.13. The molecule has 4 aromatic rings. The molecule has 0 radical (unpaired) electrons. The number of nitrogens with zero attached hydrogens (tertiary/aromatic N) is 1. The molecule has 0 aliphatic carbocycles. The standard InChI is InChI=1S/C25H26N4O3/c1-17-10-12-19(13-11-17)27-24(30)16-32-25-18(6-5-9-22(25)31-2)14-26-15-23-28-20-7-3-4-8-21(20)29-23/h3-13,26H,14-16H2,1-2H3,(H,27,30)(H,28,29). The number of aromatic nitrogens is 2. The van der Waals surface area contributed by atoms with Crippen molar-refractivity contribution >= 4 is 22.6 Å². The van der Waals surface area contributed by atoms with E-state index in [0.717, 1.165) is 33.7 Å². The van der Waals surface area contributed by atoms with Gasteiger partial charge in [0.05, 0.1) is 24.7 Å². The van der Waals surface area contributed by atoms with E-state index in [1.54, 1.807) is 7.11 Å². The highest BCUT2D eigenvalue weighted by molar-refractivity contribution is 5.91. The van der Waals surface area contributed by atoms with E-state index < -0.39 is 0 Å². The van der Waals surface area contributed by atoms with Gasteiger partial charge in [-0.2, -0.15) is 0 Å². The van der Waals surface area contributed by atoms with Gasteiger partial charge in [0.25, 0.3) is 5.91 Å². The van der Waals surface area contributed by atoms with Crippen molar-refractivity contribution in [2.75, 3.05) is 19.0 Å². The summed E-state index contributed by atoms with van der Waals surface area (Å²) in [6, 6.07) is 21.2. The molecular formula is C25H26N4O3. The van der Waals surface area contributed by atoms with Crippen LogP contribution in [0.1, 0.15) is 17.0 Å². The molecule has 0 unspecified atom stereocenters. The first-order chi connectivity index (χ1) is 15.6. The third-order valence-electron chi connectivity index (χ3n) is 5.01. The first kappa shape index (κ1) is 21.4. The highest BCUT2D eigenvalue weighted by Crippen LogP contribution is 2.31. The fourth-order valence-corrected chi connectivity index (χ4v) is 3.40. The molecule has 3 N–H and O–H groups in total. The number of methoxy groups -OCH3 is 1. The van der Waals surface area contributed by atoms with Crippen LogP contribution in [0.2, 0.25) is 0 Å². The first-order valence-electron chi connectivity index (χ1n) is 10.4. The lowest BCUT2D eigenvalue weighted by molar-refractivity contribution is -0.118. The molecule has 0 saturated carbocycles. The van der Waals surface area contributed by atoms with E-state index in [0.29, 0.717) is 24.6 Å². The van der Waals surface area contributed by atoms with Gasteiger partial charge in [0.2, 0.25) is 0 Å². The predicted octanol–water partition coefficient (Wildman–Crippen LogP) is 4.19. The fraction of sp³-hybridized carbons (Fsp3) is 0.200. The van der Waals surface area contributed by atoms with Crippen molar-refractivity contribution in [3.8, 4) is 11.5 Å². The van der Waals surface area contributed by atoms with Gasteiger partial charge in [0.1, 0.15) is 5.82 Å². The number of carbonyl (C=O) groups is 1. The van der Waals surface area contributed by atoms with Crippen LogP contribution in [0.15, 0.2) is 66.7 Å². The summed E-state index contributed by atoms with van der Waals surface area (Å²) in [5.74, 6) is 1.75. The zero-order valence-electron chi connectivity index (χ0n) is 18.1. The second kappa shape index (κ2) is 9.98. The van der Waals surface area contributed by atoms with Crippen LogP contribution >= 0.6 is 0 Å². The van der Waals surface area contributed by atoms with Gasteiger partial charge >= 0.3 is 0 Å². The molecule has 0 saturated heterocycles. The number of hydrogen-bond acceptors (Lipinski definition) is 5. The van der Waals surface area contributed by atoms with E-state index in [1.165, 1.54) is 0 Å². The number of nitrogens with one attached hydrogen (secondary N) is 3. The number of H-pyrrole nitrogens is 1. The SMILES string of the molecule is COc1cccc(CNCc2nc3ccccc3[nH]2)c1OCC(=O)Nc1ccc(C)cc1. The maximum Gasteiger partial charge on any atom is 0.262 e. The van der Waals surface area contributed by atoms with Crippen LogP contribution in [0, 0.1) is 6.92 Å². The molecule has 1 heterocycles. The molecule has 164 valence electrons. The molecule has 1 aromatic heterocycles. The van der Waals surface area contributed by atoms with Crippen LogP contribution in [-0.2, 0) is 17.9 Å². The van der Waals surface area contributed by atoms with E-state index in [4.69, 9.17) is 9.47 Å². The smallest absolute Gasteiger partial charge is 0.262 e. The van der Waals surface area contributed by atoms with E-state index >= 15 is 0 Å². The Kier molecular flexibility index (Phi) is 6.67. The van der Waals surface area contributed by atoms with Crippen molar-refractivity contribution in [2.45, 2.75) is 20.0 Å². The Morgan fingerprint density at radius 3 is 2.59 bits per heavy atom. The Hall–Kier alpha value is -3.84. The molecule has 0 aliphatic heterocycles. The summed E-state index contributed by atoms with van der Waals surface area (Å²) in [7, 11) is 1.58. The number of aromatic amines is 1. The quantitative estimate of drug-likeness (QED) is 0.371. The first-order valence-corrected chi connectivity index (χ1v) is 10.4. The number of rotatable bonds is 9. The van der Waals surface area contributed by atoms with E-state index in [9.17, 15) is 4.79 Å². The molecular weight excluding hydrogens is 404 g/mol. The van der Waals surface area contributed by atoms with E-state index in [-0.39, 0.29) is 12.5 Å². The molecule has 7 nitrogen and oxygen atoms in total. The van der Waals surface area contributed by atoms with Crippen molar-refractivity contribution in [3.63, 3.8) is 0 Å². The zero-order chi connectivity index (χ0) is 22.3. The van der Waals surface area contributed by atoms with Gasteiger partial charge in [-0.3, -0.25) is 4.79 Å². The molecule has 0 atom stereocenters. The number of carbonyl (C=O) groups excluding carboxylic acids is 1. The van der Waals surface area contributed by atoms with Crippen LogP contribution in [0.25, 0.3) is 11.0 Å². The Bertz CT molecular complexity index is 1170. The minimum Gasteiger partial charge on any atom is -0.493 e. The molecule has 1 amide bonds. The third-order valence-corrected chi connectivity index (χ3v) is 5.01. The van der Waals surface area contributed by atoms with Gasteiger partial charge in [-0.1, -0.05) is 42.0 Å². The predicted molar refractivity (Wildman–Crippen MR) is 125 cm³/mol. The minimum absolute atomic E-state index is 0.120. The average molecular weight is 431 g/mol. The third kappa shape index (κ3) is 5.25. The minimum atomic E-state index is -0.235. The van der Waals surface area contributed by atoms with Gasteiger partial charge in [0.15, 0.2) is 18.1 Å². The molecule has 3 aromatic carbocycles. The maximum atomic E-state index is 12.4. The summed E-state index contributed by atoms with van der Waals surface area (Å²) >= 11 is 0. The van der Waals surface area contributed by atoms with Crippen LogP contribution < -0.4 is 20.1 Å². The van der Waals surface area contributed by atoms with Crippen molar-refractivity contribution in [2.24, 2.45) is 0 Å². The van der Waals surface area contributed by atoms with Crippen LogP contribution in [0.3, 0.4) is 0 Å². The van der Waals surface area contributed by atoms with Gasteiger partial charge in [0, 0.05) is 17.8 Å². The van der Waals surface area contributed by atoms with Crippen molar-refractivity contribution < 1.29 is 14.3 Å². The number of benzene rings is 3. The largest absolute Gasteiger partial charge is 0.493 e. The fourth-order valence-electron chi connectivity index (χ4n) is 3.40. The van der Waals surface area contributed by atoms with Gasteiger partial charge in [-0.25, -0.2) is 4.98 Å². The zero-order valence-corrected chi connectivity index (χ0v) is 18.1. The van der Waals surface area contributed by atoms with Crippen LogP contribution in [0.5, 0.6) is 11.5 Å². The van der Waals surface area contributed by atoms with Crippen molar-refractivity contribution in [3.05, 3.63) is 83.7 Å². The summed E-state index contributed by atoms with van der Waals surface area (Å²) in [6.45, 7) is 2.98.